The molecule has 1 amide bonds. The normalized spacial score (nSPS) is 20.2. The van der Waals surface area contributed by atoms with Crippen molar-refractivity contribution >= 4 is 16.9 Å². The highest BCUT2D eigenvalue weighted by Gasteiger charge is 2.36. The van der Waals surface area contributed by atoms with Crippen LogP contribution in [-0.2, 0) is 11.2 Å². The monoisotopic (exact) mass is 354 g/mol. The molecule has 1 fully saturated rings. The Labute approximate surface area is 151 Å². The molecular formula is C20H22N2O4. The first-order valence-corrected chi connectivity index (χ1v) is 8.78. The average molecular weight is 354 g/mol. The van der Waals surface area contributed by atoms with Gasteiger partial charge in [-0.15, -0.1) is 0 Å². The van der Waals surface area contributed by atoms with Crippen molar-refractivity contribution < 1.29 is 18.5 Å². The van der Waals surface area contributed by atoms with E-state index in [-0.39, 0.29) is 17.9 Å². The van der Waals surface area contributed by atoms with Crippen LogP contribution in [0.5, 0.6) is 0 Å². The van der Waals surface area contributed by atoms with Gasteiger partial charge < -0.3 is 18.6 Å². The second kappa shape index (κ2) is 6.61. The van der Waals surface area contributed by atoms with Crippen LogP contribution in [0.1, 0.15) is 27.6 Å². The largest absolute Gasteiger partial charge is 0.461 e. The van der Waals surface area contributed by atoms with Crippen LogP contribution in [0, 0.1) is 19.8 Å². The lowest BCUT2D eigenvalue weighted by atomic mass is 10.0. The summed E-state index contributed by atoms with van der Waals surface area (Å²) in [5, 5.41) is 4.89. The lowest BCUT2D eigenvalue weighted by Crippen LogP contribution is -2.29. The van der Waals surface area contributed by atoms with Gasteiger partial charge in [0.15, 0.2) is 0 Å². The van der Waals surface area contributed by atoms with Gasteiger partial charge in [-0.3, -0.25) is 4.79 Å². The summed E-state index contributed by atoms with van der Waals surface area (Å²) in [6, 6.07) is 9.45. The number of furan rings is 1. The molecule has 0 saturated carbocycles. The molecule has 0 spiro atoms. The first kappa shape index (κ1) is 16.8. The van der Waals surface area contributed by atoms with Crippen molar-refractivity contribution in [3.8, 4) is 0 Å². The average Bonchev–Trinajstić information content (AvgIpc) is 3.31. The fourth-order valence-electron chi connectivity index (χ4n) is 3.73. The van der Waals surface area contributed by atoms with Crippen LogP contribution in [0.25, 0.3) is 11.0 Å². The maximum Gasteiger partial charge on any atom is 0.253 e. The second-order valence-electron chi connectivity index (χ2n) is 6.99. The summed E-state index contributed by atoms with van der Waals surface area (Å²) in [6.45, 7) is 5.02. The predicted molar refractivity (Wildman–Crippen MR) is 96.1 cm³/mol. The van der Waals surface area contributed by atoms with Gasteiger partial charge >= 0.3 is 0 Å². The highest BCUT2D eigenvalue weighted by molar-refractivity contribution is 5.98. The number of hydrogen-bond donors (Lipinski definition) is 0. The van der Waals surface area contributed by atoms with Crippen LogP contribution in [0.2, 0.25) is 0 Å². The molecule has 3 heterocycles. The third-order valence-electron chi connectivity index (χ3n) is 5.00. The number of hydrogen-bond acceptors (Lipinski definition) is 5. The number of likely N-dealkylation sites (tertiary alicyclic amines) is 1. The van der Waals surface area contributed by atoms with Crippen LogP contribution < -0.4 is 0 Å². The lowest BCUT2D eigenvalue weighted by molar-refractivity contribution is 0.0672. The van der Waals surface area contributed by atoms with Gasteiger partial charge in [-0.2, -0.15) is 0 Å². The molecule has 1 aliphatic heterocycles. The molecule has 0 aliphatic carbocycles. The molecule has 26 heavy (non-hydrogen) atoms. The first-order valence-electron chi connectivity index (χ1n) is 8.78. The number of aryl methyl sites for hydroxylation is 2. The zero-order valence-electron chi connectivity index (χ0n) is 15.2. The third-order valence-corrected chi connectivity index (χ3v) is 5.00. The number of nitrogens with zero attached hydrogens (tertiary/aromatic N) is 2. The SMILES string of the molecule is CO[C@H]1CN(C(=O)c2ccc3oc(C)cc3c2)C[C@H]1Cc1cc(C)no1. The number of rotatable bonds is 4. The summed E-state index contributed by atoms with van der Waals surface area (Å²) < 4.78 is 16.5. The Hall–Kier alpha value is -2.60. The fourth-order valence-corrected chi connectivity index (χ4v) is 3.73. The van der Waals surface area contributed by atoms with Crippen molar-refractivity contribution in [1.29, 1.82) is 0 Å². The Morgan fingerprint density at radius 2 is 2.12 bits per heavy atom. The summed E-state index contributed by atoms with van der Waals surface area (Å²) in [5.41, 5.74) is 2.33. The van der Waals surface area contributed by atoms with E-state index < -0.39 is 0 Å². The van der Waals surface area contributed by atoms with Gasteiger partial charge in [-0.25, -0.2) is 0 Å². The minimum absolute atomic E-state index is 0.00995. The van der Waals surface area contributed by atoms with E-state index in [4.69, 9.17) is 13.7 Å². The van der Waals surface area contributed by atoms with Crippen molar-refractivity contribution in [1.82, 2.24) is 10.1 Å². The van der Waals surface area contributed by atoms with Crippen LogP contribution in [-0.4, -0.2) is 42.3 Å². The number of carbonyl (C=O) groups is 1. The maximum absolute atomic E-state index is 13.0. The standard InChI is InChI=1S/C20H22N2O4/c1-12-6-17(26-21-12)9-16-10-22(11-19(16)24-3)20(23)14-4-5-18-15(8-14)7-13(2)25-18/h4-8,16,19H,9-11H2,1-3H3/t16-,19+/m1/s1. The molecule has 6 heteroatoms. The van der Waals surface area contributed by atoms with Crippen molar-refractivity contribution in [2.45, 2.75) is 26.4 Å². The molecular weight excluding hydrogens is 332 g/mol. The molecule has 3 aromatic rings. The topological polar surface area (TPSA) is 68.7 Å². The van der Waals surface area contributed by atoms with E-state index in [9.17, 15) is 4.79 Å². The summed E-state index contributed by atoms with van der Waals surface area (Å²) in [4.78, 5) is 14.8. The van der Waals surface area contributed by atoms with E-state index in [1.165, 1.54) is 0 Å². The predicted octanol–water partition coefficient (Wildman–Crippen LogP) is 3.37. The summed E-state index contributed by atoms with van der Waals surface area (Å²) in [6.07, 6.45) is 0.701. The molecule has 6 nitrogen and oxygen atoms in total. The van der Waals surface area contributed by atoms with E-state index >= 15 is 0 Å². The van der Waals surface area contributed by atoms with E-state index in [0.717, 1.165) is 28.2 Å². The lowest BCUT2D eigenvalue weighted by Gasteiger charge is -2.16. The summed E-state index contributed by atoms with van der Waals surface area (Å²) >= 11 is 0. The summed E-state index contributed by atoms with van der Waals surface area (Å²) in [5.74, 6) is 1.88. The van der Waals surface area contributed by atoms with Crippen LogP contribution in [0.15, 0.2) is 39.3 Å². The highest BCUT2D eigenvalue weighted by Crippen LogP contribution is 2.27. The summed E-state index contributed by atoms with van der Waals surface area (Å²) in [7, 11) is 1.69. The van der Waals surface area contributed by atoms with Crippen LogP contribution >= 0.6 is 0 Å². The molecule has 0 N–H and O–H groups in total. The van der Waals surface area contributed by atoms with E-state index in [1.54, 1.807) is 7.11 Å². The molecule has 2 atom stereocenters. The van der Waals surface area contributed by atoms with Crippen LogP contribution in [0.3, 0.4) is 0 Å². The van der Waals surface area contributed by atoms with Gasteiger partial charge in [0.05, 0.1) is 11.8 Å². The number of methoxy groups -OCH3 is 1. The minimum Gasteiger partial charge on any atom is -0.461 e. The maximum atomic E-state index is 13.0. The molecule has 0 unspecified atom stereocenters. The van der Waals surface area contributed by atoms with Crippen molar-refractivity contribution in [2.24, 2.45) is 5.92 Å². The minimum atomic E-state index is -0.00995. The number of ether oxygens (including phenoxy) is 1. The number of amides is 1. The fraction of sp³-hybridized carbons (Fsp3) is 0.400. The Kier molecular flexibility index (Phi) is 4.28. The number of aromatic nitrogens is 1. The van der Waals surface area contributed by atoms with Gasteiger partial charge in [-0.1, -0.05) is 5.16 Å². The second-order valence-corrected chi connectivity index (χ2v) is 6.99. The van der Waals surface area contributed by atoms with Gasteiger partial charge in [0, 0.05) is 49.6 Å². The number of benzene rings is 1. The smallest absolute Gasteiger partial charge is 0.253 e. The molecule has 0 bridgehead atoms. The Bertz CT molecular complexity index is 942. The van der Waals surface area contributed by atoms with Crippen molar-refractivity contribution in [3.05, 3.63) is 53.1 Å². The van der Waals surface area contributed by atoms with E-state index in [0.29, 0.717) is 25.1 Å². The Morgan fingerprint density at radius 3 is 2.85 bits per heavy atom. The van der Waals surface area contributed by atoms with Gasteiger partial charge in [0.2, 0.25) is 0 Å². The van der Waals surface area contributed by atoms with Gasteiger partial charge in [0.25, 0.3) is 5.91 Å². The Morgan fingerprint density at radius 1 is 1.27 bits per heavy atom. The third kappa shape index (κ3) is 3.12. The van der Waals surface area contributed by atoms with Crippen LogP contribution in [0.4, 0.5) is 0 Å². The zero-order chi connectivity index (χ0) is 18.3. The van der Waals surface area contributed by atoms with Crippen molar-refractivity contribution in [2.75, 3.05) is 20.2 Å². The highest BCUT2D eigenvalue weighted by atomic mass is 16.5. The van der Waals surface area contributed by atoms with Gasteiger partial charge in [0.1, 0.15) is 17.1 Å². The molecule has 1 aliphatic rings. The Balaban J connectivity index is 1.51. The van der Waals surface area contributed by atoms with E-state index in [2.05, 4.69) is 5.16 Å². The first-order chi connectivity index (χ1) is 12.5. The number of fused-ring (bicyclic) bond motifs is 1. The van der Waals surface area contributed by atoms with Crippen molar-refractivity contribution in [3.63, 3.8) is 0 Å². The zero-order valence-corrected chi connectivity index (χ0v) is 15.2. The molecule has 136 valence electrons. The molecule has 4 rings (SSSR count). The number of carbonyl (C=O) groups excluding carboxylic acids is 1. The van der Waals surface area contributed by atoms with Gasteiger partial charge in [-0.05, 0) is 38.1 Å². The quantitative estimate of drug-likeness (QED) is 0.718. The molecule has 2 aromatic heterocycles. The molecule has 0 radical (unpaired) electrons. The van der Waals surface area contributed by atoms with E-state index in [1.807, 2.05) is 49.1 Å². The molecule has 1 saturated heterocycles. The molecule has 1 aromatic carbocycles.